The maximum absolute atomic E-state index is 13.3. The summed E-state index contributed by atoms with van der Waals surface area (Å²) in [5.41, 5.74) is 3.82. The Morgan fingerprint density at radius 1 is 0.968 bits per heavy atom. The fraction of sp³-hybridized carbons (Fsp3) is 0.0870. The van der Waals surface area contributed by atoms with Gasteiger partial charge < -0.3 is 14.0 Å². The first kappa shape index (κ1) is 21.6. The van der Waals surface area contributed by atoms with Gasteiger partial charge in [-0.2, -0.15) is 0 Å². The van der Waals surface area contributed by atoms with Crippen molar-refractivity contribution in [3.63, 3.8) is 0 Å². The van der Waals surface area contributed by atoms with E-state index in [-0.39, 0.29) is 29.6 Å². The number of nitrogens with zero attached hydrogens (tertiary/aromatic N) is 2. The van der Waals surface area contributed by atoms with Crippen molar-refractivity contribution in [3.05, 3.63) is 93.3 Å². The van der Waals surface area contributed by atoms with E-state index in [2.05, 4.69) is 9.95 Å². The van der Waals surface area contributed by atoms with Crippen LogP contribution in [0, 0.1) is 5.82 Å². The lowest BCUT2D eigenvalue weighted by atomic mass is 10.1. The highest BCUT2D eigenvalue weighted by atomic mass is 79.9. The lowest BCUT2D eigenvalue weighted by Gasteiger charge is -2.10. The monoisotopic (exact) mass is 518 g/mol. The van der Waals surface area contributed by atoms with Gasteiger partial charge >= 0.3 is 0 Å². The summed E-state index contributed by atoms with van der Waals surface area (Å²) in [6, 6.07) is 19.8. The molecule has 0 aliphatic carbocycles. The Bertz CT molecular complexity index is 1270. The predicted octanol–water partition coefficient (Wildman–Crippen LogP) is 6.60. The molecule has 0 bridgehead atoms. The Morgan fingerprint density at radius 3 is 2.48 bits per heavy atom. The van der Waals surface area contributed by atoms with Crippen molar-refractivity contribution in [2.75, 3.05) is 6.79 Å². The number of halogens is 3. The van der Waals surface area contributed by atoms with Crippen LogP contribution in [0.15, 0.2) is 77.1 Å². The number of hydrogen-bond acceptors (Lipinski definition) is 4. The fourth-order valence-corrected chi connectivity index (χ4v) is 4.33. The normalized spacial score (nSPS) is 12.6. The molecule has 31 heavy (non-hydrogen) atoms. The smallest absolute Gasteiger partial charge is 0.231 e. The fourth-order valence-electron chi connectivity index (χ4n) is 3.27. The van der Waals surface area contributed by atoms with Crippen molar-refractivity contribution in [1.29, 1.82) is 0 Å². The van der Waals surface area contributed by atoms with Gasteiger partial charge in [-0.1, -0.05) is 29.8 Å². The minimum atomic E-state index is -0.282. The summed E-state index contributed by atoms with van der Waals surface area (Å²) in [5.74, 6) is 1.21. The lowest BCUT2D eigenvalue weighted by Crippen LogP contribution is -2.16. The van der Waals surface area contributed by atoms with Crippen molar-refractivity contribution in [3.8, 4) is 22.8 Å². The molecule has 0 atom stereocenters. The topological polar surface area (TPSA) is 35.8 Å². The molecule has 0 saturated heterocycles. The zero-order chi connectivity index (χ0) is 20.5. The van der Waals surface area contributed by atoms with E-state index >= 15 is 0 Å². The van der Waals surface area contributed by atoms with Crippen LogP contribution in [0.3, 0.4) is 0 Å². The second-order valence-corrected chi connectivity index (χ2v) is 8.05. The molecule has 0 unspecified atom stereocenters. The summed E-state index contributed by atoms with van der Waals surface area (Å²) in [4.78, 5) is 5.56. The minimum absolute atomic E-state index is 0. The average molecular weight is 520 g/mol. The van der Waals surface area contributed by atoms with Crippen LogP contribution in [0.2, 0.25) is 5.02 Å². The van der Waals surface area contributed by atoms with Crippen molar-refractivity contribution in [2.45, 2.75) is 6.54 Å². The Labute approximate surface area is 198 Å². The van der Waals surface area contributed by atoms with E-state index in [0.29, 0.717) is 17.3 Å². The summed E-state index contributed by atoms with van der Waals surface area (Å²) in [7, 11) is 0. The highest BCUT2D eigenvalue weighted by Crippen LogP contribution is 2.33. The van der Waals surface area contributed by atoms with E-state index < -0.39 is 0 Å². The van der Waals surface area contributed by atoms with Crippen LogP contribution >= 0.6 is 39.9 Å². The Balaban J connectivity index is 0.00000231. The molecule has 0 spiro atoms. The van der Waals surface area contributed by atoms with Gasteiger partial charge in [-0.25, -0.2) is 9.38 Å². The third kappa shape index (κ3) is 4.69. The molecule has 1 aliphatic heterocycles. The number of thiazole rings is 1. The van der Waals surface area contributed by atoms with Gasteiger partial charge in [-0.05, 0) is 59.7 Å². The molecule has 4 aromatic rings. The highest BCUT2D eigenvalue weighted by Gasteiger charge is 2.15. The standard InChI is InChI=1S/C23H16ClFN2O2S.BrH/c24-17-4-2-16(3-5-17)20-13-30-23(26-19-8-6-18(25)7-9-19)27(20)12-15-1-10-21-22(11-15)29-14-28-21;/h1-11,13H,12,14H2;1H. The summed E-state index contributed by atoms with van der Waals surface area (Å²) in [6.07, 6.45) is 0. The summed E-state index contributed by atoms with van der Waals surface area (Å²) >= 11 is 7.60. The molecule has 0 saturated carbocycles. The Morgan fingerprint density at radius 2 is 1.71 bits per heavy atom. The second kappa shape index (κ2) is 9.26. The molecule has 2 heterocycles. The highest BCUT2D eigenvalue weighted by molar-refractivity contribution is 8.93. The Kier molecular flexibility index (Phi) is 6.46. The molecule has 0 amide bonds. The van der Waals surface area contributed by atoms with Crippen LogP contribution in [0.25, 0.3) is 11.3 Å². The van der Waals surface area contributed by atoms with E-state index in [0.717, 1.165) is 33.1 Å². The van der Waals surface area contributed by atoms with Gasteiger partial charge in [0.1, 0.15) is 5.82 Å². The van der Waals surface area contributed by atoms with Gasteiger partial charge in [0, 0.05) is 10.4 Å². The summed E-state index contributed by atoms with van der Waals surface area (Å²) in [5, 5.41) is 2.76. The third-order valence-corrected chi connectivity index (χ3v) is 5.88. The van der Waals surface area contributed by atoms with E-state index in [1.165, 1.54) is 23.5 Å². The predicted molar refractivity (Wildman–Crippen MR) is 126 cm³/mol. The first-order valence-electron chi connectivity index (χ1n) is 9.29. The van der Waals surface area contributed by atoms with Gasteiger partial charge in [-0.15, -0.1) is 28.3 Å². The summed E-state index contributed by atoms with van der Waals surface area (Å²) < 4.78 is 26.4. The zero-order valence-corrected chi connectivity index (χ0v) is 19.4. The number of hydrogen-bond donors (Lipinski definition) is 0. The second-order valence-electron chi connectivity index (χ2n) is 6.77. The van der Waals surface area contributed by atoms with E-state index in [1.54, 1.807) is 12.1 Å². The molecule has 0 fully saturated rings. The van der Waals surface area contributed by atoms with Gasteiger partial charge in [0.15, 0.2) is 16.3 Å². The number of benzene rings is 3. The molecular formula is C23H17BrClFN2O2S. The van der Waals surface area contributed by atoms with Crippen LogP contribution in [0.1, 0.15) is 5.56 Å². The number of aromatic nitrogens is 1. The van der Waals surface area contributed by atoms with E-state index in [4.69, 9.17) is 26.1 Å². The average Bonchev–Trinajstić information content (AvgIpc) is 3.37. The Hall–Kier alpha value is -2.61. The minimum Gasteiger partial charge on any atom is -0.454 e. The molecule has 0 N–H and O–H groups in total. The van der Waals surface area contributed by atoms with Gasteiger partial charge in [0.05, 0.1) is 17.9 Å². The quantitative estimate of drug-likeness (QED) is 0.305. The van der Waals surface area contributed by atoms with Crippen LogP contribution in [0.4, 0.5) is 10.1 Å². The van der Waals surface area contributed by atoms with E-state index in [9.17, 15) is 4.39 Å². The summed E-state index contributed by atoms with van der Waals surface area (Å²) in [6.45, 7) is 0.837. The third-order valence-electron chi connectivity index (χ3n) is 4.77. The number of ether oxygens (including phenoxy) is 2. The zero-order valence-electron chi connectivity index (χ0n) is 16.1. The van der Waals surface area contributed by atoms with Gasteiger partial charge in [0.25, 0.3) is 0 Å². The molecule has 0 radical (unpaired) electrons. The molecule has 1 aromatic heterocycles. The van der Waals surface area contributed by atoms with Gasteiger partial charge in [0.2, 0.25) is 6.79 Å². The molecule has 5 rings (SSSR count). The first-order valence-corrected chi connectivity index (χ1v) is 10.5. The number of fused-ring (bicyclic) bond motifs is 1. The number of rotatable bonds is 4. The maximum Gasteiger partial charge on any atom is 0.231 e. The van der Waals surface area contributed by atoms with Crippen molar-refractivity contribution >= 4 is 45.6 Å². The molecule has 1 aliphatic rings. The lowest BCUT2D eigenvalue weighted by molar-refractivity contribution is 0.174. The molecular weight excluding hydrogens is 503 g/mol. The van der Waals surface area contributed by atoms with Crippen LogP contribution in [0.5, 0.6) is 11.5 Å². The SMILES string of the molecule is Br.Fc1ccc(N=c2scc(-c3ccc(Cl)cc3)n2Cc2ccc3c(c2)OCO3)cc1. The largest absolute Gasteiger partial charge is 0.454 e. The van der Waals surface area contributed by atoms with Crippen LogP contribution in [-0.2, 0) is 6.54 Å². The molecule has 158 valence electrons. The van der Waals surface area contributed by atoms with Gasteiger partial charge in [-0.3, -0.25) is 0 Å². The molecule has 8 heteroatoms. The molecule has 4 nitrogen and oxygen atoms in total. The van der Waals surface area contributed by atoms with E-state index in [1.807, 2.05) is 42.5 Å². The first-order chi connectivity index (χ1) is 14.7. The van der Waals surface area contributed by atoms with Crippen molar-refractivity contribution < 1.29 is 13.9 Å². The maximum atomic E-state index is 13.3. The van der Waals surface area contributed by atoms with Crippen molar-refractivity contribution in [1.82, 2.24) is 4.57 Å². The molecule has 3 aromatic carbocycles. The van der Waals surface area contributed by atoms with Crippen LogP contribution in [-0.4, -0.2) is 11.4 Å². The van der Waals surface area contributed by atoms with Crippen LogP contribution < -0.4 is 14.3 Å². The van der Waals surface area contributed by atoms with Crippen molar-refractivity contribution in [2.24, 2.45) is 4.99 Å².